The van der Waals surface area contributed by atoms with Gasteiger partial charge in [0.05, 0.1) is 6.04 Å². The van der Waals surface area contributed by atoms with Crippen molar-refractivity contribution in [3.8, 4) is 0 Å². The van der Waals surface area contributed by atoms with Crippen molar-refractivity contribution >= 4 is 11.7 Å². The van der Waals surface area contributed by atoms with Crippen LogP contribution < -0.4 is 16.0 Å². The molecule has 0 bridgehead atoms. The standard InChI is InChI=1S/C28H43N3O2/c1-21(2)24-16-13-17-25(22(3)4)27(24)31-28(32)30-26(23-14-9-8-10-15-23)20-29-18-11-6-7-12-19-33-5/h8-10,13-17,21-22,26,29H,6-7,11-12,18-20H2,1-5H3,(H2,30,31,32). The summed E-state index contributed by atoms with van der Waals surface area (Å²) in [5, 5.41) is 9.92. The minimum atomic E-state index is -0.166. The molecule has 0 heterocycles. The van der Waals surface area contributed by atoms with Gasteiger partial charge in [0.2, 0.25) is 0 Å². The summed E-state index contributed by atoms with van der Waals surface area (Å²) in [6, 6.07) is 16.2. The molecule has 0 aliphatic rings. The predicted octanol–water partition coefficient (Wildman–Crippen LogP) is 6.59. The number of methoxy groups -OCH3 is 1. The lowest BCUT2D eigenvalue weighted by Crippen LogP contribution is -2.38. The van der Waals surface area contributed by atoms with Gasteiger partial charge in [0, 0.05) is 25.9 Å². The minimum absolute atomic E-state index is 0.103. The summed E-state index contributed by atoms with van der Waals surface area (Å²) < 4.78 is 5.11. The molecule has 0 radical (unpaired) electrons. The molecule has 0 aliphatic carbocycles. The van der Waals surface area contributed by atoms with Gasteiger partial charge in [0.15, 0.2) is 0 Å². The van der Waals surface area contributed by atoms with Crippen LogP contribution in [-0.4, -0.2) is 32.8 Å². The van der Waals surface area contributed by atoms with E-state index < -0.39 is 0 Å². The fourth-order valence-electron chi connectivity index (χ4n) is 4.04. The molecule has 0 saturated heterocycles. The highest BCUT2D eigenvalue weighted by Gasteiger charge is 2.19. The van der Waals surface area contributed by atoms with E-state index in [1.165, 1.54) is 24.0 Å². The van der Waals surface area contributed by atoms with E-state index in [1.54, 1.807) is 7.11 Å². The van der Waals surface area contributed by atoms with Gasteiger partial charge < -0.3 is 20.7 Å². The molecule has 2 aromatic rings. The van der Waals surface area contributed by atoms with Gasteiger partial charge in [-0.1, -0.05) is 89.1 Å². The maximum Gasteiger partial charge on any atom is 0.319 e. The molecule has 1 unspecified atom stereocenters. The first-order chi connectivity index (χ1) is 15.9. The summed E-state index contributed by atoms with van der Waals surface area (Å²) in [6.07, 6.45) is 4.61. The number of carbonyl (C=O) groups excluding carboxylic acids is 1. The summed E-state index contributed by atoms with van der Waals surface area (Å²) in [4.78, 5) is 13.1. The Kier molecular flexibility index (Phi) is 12.0. The second-order valence-corrected chi connectivity index (χ2v) is 9.29. The third kappa shape index (κ3) is 9.18. The van der Waals surface area contributed by atoms with Gasteiger partial charge in [0.1, 0.15) is 0 Å². The number of urea groups is 1. The molecule has 2 rings (SSSR count). The number of hydrogen-bond acceptors (Lipinski definition) is 3. The van der Waals surface area contributed by atoms with Gasteiger partial charge in [-0.3, -0.25) is 0 Å². The number of benzene rings is 2. The van der Waals surface area contributed by atoms with Gasteiger partial charge in [-0.05, 0) is 47.9 Å². The molecule has 0 aromatic heterocycles. The molecule has 33 heavy (non-hydrogen) atoms. The second-order valence-electron chi connectivity index (χ2n) is 9.29. The molecule has 2 aromatic carbocycles. The molecule has 182 valence electrons. The Morgan fingerprint density at radius 2 is 1.48 bits per heavy atom. The third-order valence-electron chi connectivity index (χ3n) is 5.92. The zero-order valence-corrected chi connectivity index (χ0v) is 21.1. The van der Waals surface area contributed by atoms with Crippen molar-refractivity contribution in [2.75, 3.05) is 32.1 Å². The van der Waals surface area contributed by atoms with Crippen LogP contribution in [0.1, 0.15) is 87.9 Å². The molecule has 2 amide bonds. The van der Waals surface area contributed by atoms with E-state index in [1.807, 2.05) is 18.2 Å². The number of ether oxygens (including phenoxy) is 1. The summed E-state index contributed by atoms with van der Waals surface area (Å²) in [5.41, 5.74) is 4.37. The maximum atomic E-state index is 13.1. The zero-order valence-electron chi connectivity index (χ0n) is 21.1. The third-order valence-corrected chi connectivity index (χ3v) is 5.92. The number of hydrogen-bond donors (Lipinski definition) is 3. The zero-order chi connectivity index (χ0) is 24.1. The van der Waals surface area contributed by atoms with E-state index >= 15 is 0 Å². The fourth-order valence-corrected chi connectivity index (χ4v) is 4.04. The van der Waals surface area contributed by atoms with E-state index in [2.05, 4.69) is 74.0 Å². The van der Waals surface area contributed by atoms with E-state index in [-0.39, 0.29) is 12.1 Å². The Balaban J connectivity index is 2.01. The predicted molar refractivity (Wildman–Crippen MR) is 139 cm³/mol. The lowest BCUT2D eigenvalue weighted by Gasteiger charge is -2.23. The number of nitrogens with one attached hydrogen (secondary N) is 3. The summed E-state index contributed by atoms with van der Waals surface area (Å²) in [7, 11) is 1.75. The van der Waals surface area contributed by atoms with Crippen molar-refractivity contribution in [1.82, 2.24) is 10.6 Å². The second kappa shape index (κ2) is 14.7. The molecule has 1 atom stereocenters. The van der Waals surface area contributed by atoms with Crippen molar-refractivity contribution in [3.63, 3.8) is 0 Å². The highest BCUT2D eigenvalue weighted by atomic mass is 16.5. The Morgan fingerprint density at radius 1 is 0.848 bits per heavy atom. The molecule has 0 spiro atoms. The molecule has 5 heteroatoms. The highest BCUT2D eigenvalue weighted by molar-refractivity contribution is 5.91. The topological polar surface area (TPSA) is 62.4 Å². The average Bonchev–Trinajstić information content (AvgIpc) is 2.80. The fraction of sp³-hybridized carbons (Fsp3) is 0.536. The van der Waals surface area contributed by atoms with Crippen LogP contribution in [-0.2, 0) is 4.74 Å². The quantitative estimate of drug-likeness (QED) is 0.283. The van der Waals surface area contributed by atoms with Crippen LogP contribution in [0, 0.1) is 0 Å². The smallest absolute Gasteiger partial charge is 0.319 e. The average molecular weight is 454 g/mol. The van der Waals surface area contributed by atoms with Crippen LogP contribution in [0.25, 0.3) is 0 Å². The Morgan fingerprint density at radius 3 is 2.09 bits per heavy atom. The summed E-state index contributed by atoms with van der Waals surface area (Å²) >= 11 is 0. The van der Waals surface area contributed by atoms with Gasteiger partial charge in [0.25, 0.3) is 0 Å². The van der Waals surface area contributed by atoms with Crippen molar-refractivity contribution < 1.29 is 9.53 Å². The molecular formula is C28H43N3O2. The van der Waals surface area contributed by atoms with Crippen LogP contribution in [0.3, 0.4) is 0 Å². The number of anilines is 1. The lowest BCUT2D eigenvalue weighted by molar-refractivity contribution is 0.192. The van der Waals surface area contributed by atoms with Gasteiger partial charge in [-0.2, -0.15) is 0 Å². The number of amides is 2. The van der Waals surface area contributed by atoms with Crippen LogP contribution >= 0.6 is 0 Å². The number of para-hydroxylation sites is 1. The highest BCUT2D eigenvalue weighted by Crippen LogP contribution is 2.32. The van der Waals surface area contributed by atoms with Crippen molar-refractivity contribution in [3.05, 3.63) is 65.2 Å². The van der Waals surface area contributed by atoms with Crippen LogP contribution in [0.4, 0.5) is 10.5 Å². The van der Waals surface area contributed by atoms with Crippen LogP contribution in [0.5, 0.6) is 0 Å². The molecular weight excluding hydrogens is 410 g/mol. The lowest BCUT2D eigenvalue weighted by atomic mass is 9.93. The van der Waals surface area contributed by atoms with E-state index in [0.29, 0.717) is 18.4 Å². The number of unbranched alkanes of at least 4 members (excludes halogenated alkanes) is 3. The number of carbonyl (C=O) groups is 1. The minimum Gasteiger partial charge on any atom is -0.385 e. The molecule has 0 aliphatic heterocycles. The first-order valence-electron chi connectivity index (χ1n) is 12.4. The molecule has 0 saturated carbocycles. The monoisotopic (exact) mass is 453 g/mol. The summed E-state index contributed by atoms with van der Waals surface area (Å²) in [6.45, 7) is 11.1. The van der Waals surface area contributed by atoms with E-state index in [4.69, 9.17) is 4.74 Å². The van der Waals surface area contributed by atoms with Crippen LogP contribution in [0.2, 0.25) is 0 Å². The van der Waals surface area contributed by atoms with Gasteiger partial charge in [-0.25, -0.2) is 4.79 Å². The maximum absolute atomic E-state index is 13.1. The van der Waals surface area contributed by atoms with Crippen molar-refractivity contribution in [1.29, 1.82) is 0 Å². The van der Waals surface area contributed by atoms with Crippen LogP contribution in [0.15, 0.2) is 48.5 Å². The van der Waals surface area contributed by atoms with Gasteiger partial charge >= 0.3 is 6.03 Å². The molecule has 5 nitrogen and oxygen atoms in total. The first kappa shape index (κ1) is 26.9. The van der Waals surface area contributed by atoms with E-state index in [0.717, 1.165) is 37.2 Å². The SMILES string of the molecule is COCCCCCCNCC(NC(=O)Nc1c(C(C)C)cccc1C(C)C)c1ccccc1. The first-order valence-corrected chi connectivity index (χ1v) is 12.4. The normalized spacial score (nSPS) is 12.2. The summed E-state index contributed by atoms with van der Waals surface area (Å²) in [5.74, 6) is 0.656. The Hall–Kier alpha value is -2.37. The van der Waals surface area contributed by atoms with Gasteiger partial charge in [-0.15, -0.1) is 0 Å². The largest absolute Gasteiger partial charge is 0.385 e. The van der Waals surface area contributed by atoms with Crippen molar-refractivity contribution in [2.24, 2.45) is 0 Å². The number of rotatable bonds is 14. The van der Waals surface area contributed by atoms with E-state index in [9.17, 15) is 4.79 Å². The Labute approximate surface area is 200 Å². The molecule has 0 fully saturated rings. The Bertz CT molecular complexity index is 795. The van der Waals surface area contributed by atoms with Crippen molar-refractivity contribution in [2.45, 2.75) is 71.3 Å². The molecule has 3 N–H and O–H groups in total.